The van der Waals surface area contributed by atoms with Crippen molar-refractivity contribution >= 4 is 5.97 Å². The highest BCUT2D eigenvalue weighted by Crippen LogP contribution is 2.41. The van der Waals surface area contributed by atoms with Gasteiger partial charge in [-0.2, -0.15) is 0 Å². The average Bonchev–Trinajstić information content (AvgIpc) is 2.62. The second-order valence-electron chi connectivity index (χ2n) is 4.12. The molecule has 0 N–H and O–H groups in total. The van der Waals surface area contributed by atoms with Gasteiger partial charge in [0.1, 0.15) is 0 Å². The van der Waals surface area contributed by atoms with Gasteiger partial charge in [-0.25, -0.2) is 0 Å². The maximum absolute atomic E-state index is 11.2. The molecular formula is C12H12O3. The zero-order chi connectivity index (χ0) is 10.3. The Hall–Kier alpha value is -1.35. The van der Waals surface area contributed by atoms with Gasteiger partial charge in [-0.05, 0) is 5.56 Å². The molecule has 2 aliphatic heterocycles. The predicted molar refractivity (Wildman–Crippen MR) is 53.1 cm³/mol. The fourth-order valence-corrected chi connectivity index (χ4v) is 2.41. The van der Waals surface area contributed by atoms with Gasteiger partial charge >= 0.3 is 5.97 Å². The molecule has 1 spiro atoms. The quantitative estimate of drug-likeness (QED) is 0.604. The second-order valence-corrected chi connectivity index (χ2v) is 4.12. The molecule has 1 fully saturated rings. The van der Waals surface area contributed by atoms with E-state index in [2.05, 4.69) is 0 Å². The lowest BCUT2D eigenvalue weighted by molar-refractivity contribution is -0.157. The first-order valence-electron chi connectivity index (χ1n) is 5.18. The minimum absolute atomic E-state index is 0.115. The first-order chi connectivity index (χ1) is 7.30. The molecule has 1 unspecified atom stereocenters. The number of rotatable bonds is 0. The Labute approximate surface area is 88.0 Å². The third-order valence-electron chi connectivity index (χ3n) is 3.14. The summed E-state index contributed by atoms with van der Waals surface area (Å²) in [6.07, 6.45) is 1.24. The van der Waals surface area contributed by atoms with E-state index in [9.17, 15) is 4.79 Å². The van der Waals surface area contributed by atoms with Gasteiger partial charge in [-0.15, -0.1) is 0 Å². The second kappa shape index (κ2) is 3.07. The summed E-state index contributed by atoms with van der Waals surface area (Å²) in [6.45, 7) is 1.12. The Bertz CT molecular complexity index is 413. The van der Waals surface area contributed by atoms with Crippen molar-refractivity contribution in [2.24, 2.45) is 0 Å². The van der Waals surface area contributed by atoms with E-state index in [1.165, 1.54) is 0 Å². The van der Waals surface area contributed by atoms with Crippen molar-refractivity contribution in [1.29, 1.82) is 0 Å². The van der Waals surface area contributed by atoms with Gasteiger partial charge in [0.15, 0.2) is 5.60 Å². The summed E-state index contributed by atoms with van der Waals surface area (Å²) < 4.78 is 11.0. The monoisotopic (exact) mass is 204 g/mol. The van der Waals surface area contributed by atoms with E-state index in [1.807, 2.05) is 24.3 Å². The molecule has 3 rings (SSSR count). The minimum Gasteiger partial charge on any atom is -0.452 e. The van der Waals surface area contributed by atoms with Crippen molar-refractivity contribution in [2.45, 2.75) is 25.0 Å². The molecule has 0 bridgehead atoms. The van der Waals surface area contributed by atoms with Crippen molar-refractivity contribution in [3.63, 3.8) is 0 Å². The van der Waals surface area contributed by atoms with Gasteiger partial charge in [-0.3, -0.25) is 4.79 Å². The largest absolute Gasteiger partial charge is 0.452 e. The van der Waals surface area contributed by atoms with Crippen LogP contribution < -0.4 is 0 Å². The molecule has 0 aliphatic carbocycles. The predicted octanol–water partition coefficient (Wildman–Crippen LogP) is 1.75. The number of carbonyl (C=O) groups is 1. The highest BCUT2D eigenvalue weighted by Gasteiger charge is 2.45. The van der Waals surface area contributed by atoms with Gasteiger partial charge in [-0.1, -0.05) is 24.3 Å². The van der Waals surface area contributed by atoms with Crippen LogP contribution >= 0.6 is 0 Å². The molecule has 0 amide bonds. The third kappa shape index (κ3) is 1.27. The normalized spacial score (nSPS) is 28.9. The molecule has 0 aromatic heterocycles. The molecule has 15 heavy (non-hydrogen) atoms. The van der Waals surface area contributed by atoms with Crippen LogP contribution in [0.3, 0.4) is 0 Å². The molecule has 1 atom stereocenters. The van der Waals surface area contributed by atoms with E-state index >= 15 is 0 Å². The van der Waals surface area contributed by atoms with E-state index in [1.54, 1.807) is 0 Å². The summed E-state index contributed by atoms with van der Waals surface area (Å²) in [5, 5.41) is 0. The van der Waals surface area contributed by atoms with Crippen LogP contribution in [0.25, 0.3) is 0 Å². The van der Waals surface area contributed by atoms with Gasteiger partial charge in [0.05, 0.1) is 13.2 Å². The summed E-state index contributed by atoms with van der Waals surface area (Å²) in [6, 6.07) is 8.04. The standard InChI is InChI=1S/C12H12O3/c13-11-5-6-12(15-11)8-14-7-9-3-1-2-4-10(9)12/h1-4H,5-8H2. The number of carbonyl (C=O) groups excluding carboxylic acids is 1. The number of hydrogen-bond acceptors (Lipinski definition) is 3. The van der Waals surface area contributed by atoms with E-state index in [0.717, 1.165) is 17.5 Å². The number of fused-ring (bicyclic) bond motifs is 2. The molecule has 1 aromatic rings. The first-order valence-corrected chi connectivity index (χ1v) is 5.18. The molecule has 3 nitrogen and oxygen atoms in total. The molecule has 2 heterocycles. The Balaban J connectivity index is 2.09. The van der Waals surface area contributed by atoms with Crippen molar-refractivity contribution in [2.75, 3.05) is 6.61 Å². The molecule has 0 radical (unpaired) electrons. The molecule has 2 aliphatic rings. The van der Waals surface area contributed by atoms with Crippen LogP contribution in [0.15, 0.2) is 24.3 Å². The smallest absolute Gasteiger partial charge is 0.306 e. The highest BCUT2D eigenvalue weighted by molar-refractivity contribution is 5.73. The lowest BCUT2D eigenvalue weighted by Gasteiger charge is -2.33. The molecule has 1 aromatic carbocycles. The lowest BCUT2D eigenvalue weighted by Crippen LogP contribution is -2.36. The van der Waals surface area contributed by atoms with Crippen LogP contribution in [-0.4, -0.2) is 12.6 Å². The SMILES string of the molecule is O=C1CCC2(COCc3ccccc32)O1. The topological polar surface area (TPSA) is 35.5 Å². The number of hydrogen-bond donors (Lipinski definition) is 0. The molecule has 78 valence electrons. The number of benzene rings is 1. The summed E-state index contributed by atoms with van der Waals surface area (Å²) in [5.41, 5.74) is 1.77. The fourth-order valence-electron chi connectivity index (χ4n) is 2.41. The summed E-state index contributed by atoms with van der Waals surface area (Å²) >= 11 is 0. The van der Waals surface area contributed by atoms with Gasteiger partial charge in [0, 0.05) is 18.4 Å². The molecule has 0 saturated carbocycles. The van der Waals surface area contributed by atoms with Gasteiger partial charge in [0.25, 0.3) is 0 Å². The summed E-state index contributed by atoms with van der Waals surface area (Å²) in [5.74, 6) is -0.115. The van der Waals surface area contributed by atoms with Gasteiger partial charge < -0.3 is 9.47 Å². The summed E-state index contributed by atoms with van der Waals surface area (Å²) in [7, 11) is 0. The van der Waals surface area contributed by atoms with Crippen molar-refractivity contribution < 1.29 is 14.3 Å². The van der Waals surface area contributed by atoms with Crippen molar-refractivity contribution in [3.05, 3.63) is 35.4 Å². The Morgan fingerprint density at radius 3 is 2.93 bits per heavy atom. The maximum Gasteiger partial charge on any atom is 0.306 e. The highest BCUT2D eigenvalue weighted by atomic mass is 16.6. The average molecular weight is 204 g/mol. The van der Waals surface area contributed by atoms with E-state index in [0.29, 0.717) is 19.6 Å². The van der Waals surface area contributed by atoms with E-state index in [-0.39, 0.29) is 5.97 Å². The zero-order valence-electron chi connectivity index (χ0n) is 8.36. The Morgan fingerprint density at radius 2 is 2.13 bits per heavy atom. The third-order valence-corrected chi connectivity index (χ3v) is 3.14. The maximum atomic E-state index is 11.2. The number of esters is 1. The number of ether oxygens (including phenoxy) is 2. The first kappa shape index (κ1) is 8.92. The Kier molecular flexibility index (Phi) is 1.83. The molecule has 1 saturated heterocycles. The fraction of sp³-hybridized carbons (Fsp3) is 0.417. The van der Waals surface area contributed by atoms with Crippen LogP contribution in [0.2, 0.25) is 0 Å². The van der Waals surface area contributed by atoms with E-state index in [4.69, 9.17) is 9.47 Å². The van der Waals surface area contributed by atoms with Gasteiger partial charge in [0.2, 0.25) is 0 Å². The van der Waals surface area contributed by atoms with Crippen molar-refractivity contribution in [1.82, 2.24) is 0 Å². The zero-order valence-corrected chi connectivity index (χ0v) is 8.36. The molecule has 3 heteroatoms. The molecular weight excluding hydrogens is 192 g/mol. The Morgan fingerprint density at radius 1 is 1.27 bits per heavy atom. The van der Waals surface area contributed by atoms with Crippen LogP contribution in [0.5, 0.6) is 0 Å². The minimum atomic E-state index is -0.494. The van der Waals surface area contributed by atoms with Crippen LogP contribution in [0, 0.1) is 0 Å². The lowest BCUT2D eigenvalue weighted by atomic mass is 9.86. The van der Waals surface area contributed by atoms with E-state index < -0.39 is 5.60 Å². The van der Waals surface area contributed by atoms with Crippen molar-refractivity contribution in [3.8, 4) is 0 Å². The summed E-state index contributed by atoms with van der Waals surface area (Å²) in [4.78, 5) is 11.2. The van der Waals surface area contributed by atoms with Crippen LogP contribution in [0.1, 0.15) is 24.0 Å². The van der Waals surface area contributed by atoms with Crippen LogP contribution in [-0.2, 0) is 26.5 Å². The van der Waals surface area contributed by atoms with Crippen LogP contribution in [0.4, 0.5) is 0 Å².